The molecule has 1 aliphatic heterocycles. The number of carbonyl (C=O) groups is 1. The number of nitrogens with zero attached hydrogens (tertiary/aromatic N) is 4. The largest absolute Gasteiger partial charge is 0.416 e. The topological polar surface area (TPSA) is 69.9 Å². The van der Waals surface area contributed by atoms with Crippen molar-refractivity contribution in [3.63, 3.8) is 0 Å². The van der Waals surface area contributed by atoms with E-state index in [4.69, 9.17) is 0 Å². The summed E-state index contributed by atoms with van der Waals surface area (Å²) >= 11 is 0. The lowest BCUT2D eigenvalue weighted by Gasteiger charge is -2.34. The number of nitro benzene ring substituents is 1. The fourth-order valence-electron chi connectivity index (χ4n) is 4.04. The molecule has 0 atom stereocenters. The van der Waals surface area contributed by atoms with Crippen LogP contribution in [-0.2, 0) is 17.5 Å². The second-order valence-electron chi connectivity index (χ2n) is 8.47. The van der Waals surface area contributed by atoms with Crippen molar-refractivity contribution in [3.8, 4) is 0 Å². The summed E-state index contributed by atoms with van der Waals surface area (Å²) in [6.45, 7) is 1.18. The average Bonchev–Trinajstić information content (AvgIpc) is 2.78. The van der Waals surface area contributed by atoms with Gasteiger partial charge in [-0.1, -0.05) is 12.1 Å². The van der Waals surface area contributed by atoms with Crippen LogP contribution in [0, 0.1) is 16.0 Å². The first-order valence-corrected chi connectivity index (χ1v) is 10.6. The van der Waals surface area contributed by atoms with Crippen molar-refractivity contribution in [2.75, 3.05) is 44.0 Å². The van der Waals surface area contributed by atoms with E-state index in [1.54, 1.807) is 16.8 Å². The molecule has 33 heavy (non-hydrogen) atoms. The van der Waals surface area contributed by atoms with E-state index in [1.807, 2.05) is 43.3 Å². The Hall–Kier alpha value is -3.30. The number of hydrogen-bond donors (Lipinski definition) is 0. The van der Waals surface area contributed by atoms with E-state index in [1.165, 1.54) is 0 Å². The minimum atomic E-state index is -4.65. The summed E-state index contributed by atoms with van der Waals surface area (Å²) in [5.74, 6) is -0.242. The van der Waals surface area contributed by atoms with E-state index in [0.29, 0.717) is 38.5 Å². The van der Waals surface area contributed by atoms with Gasteiger partial charge in [-0.2, -0.15) is 13.2 Å². The van der Waals surface area contributed by atoms with Crippen LogP contribution in [0.25, 0.3) is 0 Å². The summed E-state index contributed by atoms with van der Waals surface area (Å²) in [7, 11) is 5.65. The molecular formula is C23H27F3N4O3. The summed E-state index contributed by atoms with van der Waals surface area (Å²) in [6.07, 6.45) is -3.71. The standard InChI is InChI=1S/C23H27F3N4O3/c1-27(2)19-7-4-16(5-8-19)15-28(3)22(31)17-10-12-29(13-11-17)20-9-6-18(23(24,25)26)14-21(20)30(32)33/h4-9,14,17H,10-13,15H2,1-3H3. The van der Waals surface area contributed by atoms with Gasteiger partial charge in [-0.15, -0.1) is 0 Å². The van der Waals surface area contributed by atoms with Crippen LogP contribution in [0.2, 0.25) is 0 Å². The van der Waals surface area contributed by atoms with Crippen molar-refractivity contribution < 1.29 is 22.9 Å². The minimum absolute atomic E-state index is 0.00625. The zero-order valence-electron chi connectivity index (χ0n) is 18.8. The summed E-state index contributed by atoms with van der Waals surface area (Å²) in [6, 6.07) is 10.5. The van der Waals surface area contributed by atoms with Gasteiger partial charge in [0.1, 0.15) is 5.69 Å². The minimum Gasteiger partial charge on any atom is -0.378 e. The molecule has 0 aromatic heterocycles. The number of alkyl halides is 3. The highest BCUT2D eigenvalue weighted by Crippen LogP contribution is 2.37. The van der Waals surface area contributed by atoms with Crippen molar-refractivity contribution in [2.45, 2.75) is 25.6 Å². The normalized spacial score (nSPS) is 14.8. The summed E-state index contributed by atoms with van der Waals surface area (Å²) < 4.78 is 38.9. The molecule has 1 aliphatic rings. The lowest BCUT2D eigenvalue weighted by molar-refractivity contribution is -0.384. The maximum absolute atomic E-state index is 13.0. The first-order chi connectivity index (χ1) is 15.5. The van der Waals surface area contributed by atoms with Crippen LogP contribution >= 0.6 is 0 Å². The second kappa shape index (κ2) is 9.68. The molecule has 0 radical (unpaired) electrons. The van der Waals surface area contributed by atoms with Crippen LogP contribution in [0.3, 0.4) is 0 Å². The molecule has 0 saturated carbocycles. The zero-order chi connectivity index (χ0) is 24.3. The van der Waals surface area contributed by atoms with Gasteiger partial charge in [0.25, 0.3) is 5.69 Å². The summed E-state index contributed by atoms with van der Waals surface area (Å²) in [5.41, 5.74) is 0.594. The van der Waals surface area contributed by atoms with Gasteiger partial charge in [-0.25, -0.2) is 0 Å². The van der Waals surface area contributed by atoms with Crippen molar-refractivity contribution in [1.82, 2.24) is 4.90 Å². The molecule has 1 saturated heterocycles. The van der Waals surface area contributed by atoms with Crippen LogP contribution in [0.4, 0.5) is 30.2 Å². The van der Waals surface area contributed by atoms with Gasteiger partial charge in [-0.05, 0) is 42.7 Å². The molecule has 1 amide bonds. The molecule has 2 aromatic carbocycles. The van der Waals surface area contributed by atoms with E-state index in [9.17, 15) is 28.1 Å². The van der Waals surface area contributed by atoms with Gasteiger partial charge in [0.15, 0.2) is 0 Å². The molecule has 1 heterocycles. The summed E-state index contributed by atoms with van der Waals surface area (Å²) in [4.78, 5) is 28.9. The third kappa shape index (κ3) is 5.74. The molecule has 0 spiro atoms. The van der Waals surface area contributed by atoms with Crippen molar-refractivity contribution in [3.05, 3.63) is 63.7 Å². The fraction of sp³-hybridized carbons (Fsp3) is 0.435. The summed E-state index contributed by atoms with van der Waals surface area (Å²) in [5, 5.41) is 11.4. The number of amides is 1. The smallest absolute Gasteiger partial charge is 0.378 e. The lowest BCUT2D eigenvalue weighted by atomic mass is 9.94. The Kier molecular flexibility index (Phi) is 7.14. The van der Waals surface area contributed by atoms with Gasteiger partial charge in [0.2, 0.25) is 5.91 Å². The fourth-order valence-corrected chi connectivity index (χ4v) is 4.04. The van der Waals surface area contributed by atoms with Gasteiger partial charge >= 0.3 is 6.18 Å². The molecule has 10 heteroatoms. The van der Waals surface area contributed by atoms with Crippen molar-refractivity contribution in [1.29, 1.82) is 0 Å². The maximum Gasteiger partial charge on any atom is 0.416 e. The van der Waals surface area contributed by atoms with Gasteiger partial charge in [-0.3, -0.25) is 14.9 Å². The van der Waals surface area contributed by atoms with Crippen LogP contribution in [0.15, 0.2) is 42.5 Å². The molecule has 178 valence electrons. The predicted molar refractivity (Wildman–Crippen MR) is 120 cm³/mol. The molecule has 0 unspecified atom stereocenters. The third-order valence-corrected chi connectivity index (χ3v) is 5.93. The number of hydrogen-bond acceptors (Lipinski definition) is 5. The zero-order valence-corrected chi connectivity index (χ0v) is 18.8. The number of piperidine rings is 1. The van der Waals surface area contributed by atoms with Crippen molar-refractivity contribution in [2.24, 2.45) is 5.92 Å². The van der Waals surface area contributed by atoms with E-state index in [2.05, 4.69) is 0 Å². The van der Waals surface area contributed by atoms with Crippen LogP contribution in [0.5, 0.6) is 0 Å². The first kappa shape index (κ1) is 24.3. The Bertz CT molecular complexity index is 1000. The Morgan fingerprint density at radius 1 is 1.09 bits per heavy atom. The molecule has 0 N–H and O–H groups in total. The van der Waals surface area contributed by atoms with E-state index in [0.717, 1.165) is 23.4 Å². The van der Waals surface area contributed by atoms with Gasteiger partial charge in [0.05, 0.1) is 10.5 Å². The van der Waals surface area contributed by atoms with Crippen molar-refractivity contribution >= 4 is 23.0 Å². The van der Waals surface area contributed by atoms with E-state index in [-0.39, 0.29) is 17.5 Å². The number of anilines is 2. The lowest BCUT2D eigenvalue weighted by Crippen LogP contribution is -2.41. The molecular weight excluding hydrogens is 437 g/mol. The Morgan fingerprint density at radius 2 is 1.70 bits per heavy atom. The van der Waals surface area contributed by atoms with Crippen LogP contribution in [0.1, 0.15) is 24.0 Å². The van der Waals surface area contributed by atoms with E-state index < -0.39 is 22.4 Å². The highest BCUT2D eigenvalue weighted by molar-refractivity contribution is 5.79. The monoisotopic (exact) mass is 464 g/mol. The molecule has 0 bridgehead atoms. The SMILES string of the molecule is CN(Cc1ccc(N(C)C)cc1)C(=O)C1CCN(c2ccc(C(F)(F)F)cc2[N+](=O)[O-])CC1. The number of carbonyl (C=O) groups excluding carboxylic acids is 1. The molecule has 2 aromatic rings. The Labute approximate surface area is 190 Å². The number of halogens is 3. The molecule has 1 fully saturated rings. The Balaban J connectivity index is 1.63. The van der Waals surface area contributed by atoms with Gasteiger partial charge in [0, 0.05) is 58.4 Å². The number of benzene rings is 2. The molecule has 7 nitrogen and oxygen atoms in total. The Morgan fingerprint density at radius 3 is 2.21 bits per heavy atom. The quantitative estimate of drug-likeness (QED) is 0.463. The van der Waals surface area contributed by atoms with Crippen LogP contribution in [-0.4, -0.2) is 50.0 Å². The van der Waals surface area contributed by atoms with Crippen LogP contribution < -0.4 is 9.80 Å². The number of rotatable bonds is 6. The number of nitro groups is 1. The maximum atomic E-state index is 13.0. The average molecular weight is 464 g/mol. The third-order valence-electron chi connectivity index (χ3n) is 5.93. The predicted octanol–water partition coefficient (Wildman–Crippen LogP) is 4.55. The highest BCUT2D eigenvalue weighted by atomic mass is 19.4. The van der Waals surface area contributed by atoms with Gasteiger partial charge < -0.3 is 14.7 Å². The second-order valence-corrected chi connectivity index (χ2v) is 8.47. The molecule has 0 aliphatic carbocycles. The first-order valence-electron chi connectivity index (χ1n) is 10.6. The highest BCUT2D eigenvalue weighted by Gasteiger charge is 2.35. The molecule has 3 rings (SSSR count). The van der Waals surface area contributed by atoms with E-state index >= 15 is 0 Å².